The van der Waals surface area contributed by atoms with Gasteiger partial charge in [-0.2, -0.15) is 11.8 Å². The molecule has 0 bridgehead atoms. The molecule has 0 aliphatic rings. The first kappa shape index (κ1) is 12.2. The SMILES string of the molecule is CCC(CSC)Nc1nccc2ccccc12. The molecule has 0 aliphatic carbocycles. The third-order valence-electron chi connectivity index (χ3n) is 2.88. The lowest BCUT2D eigenvalue weighted by Crippen LogP contribution is -2.21. The molecule has 0 amide bonds. The van der Waals surface area contributed by atoms with Gasteiger partial charge < -0.3 is 5.32 Å². The second-order valence-corrected chi connectivity index (χ2v) is 5.00. The minimum Gasteiger partial charge on any atom is -0.366 e. The fraction of sp³-hybridized carbons (Fsp3) is 0.357. The van der Waals surface area contributed by atoms with Crippen molar-refractivity contribution in [3.63, 3.8) is 0 Å². The molecule has 1 aromatic heterocycles. The Hall–Kier alpha value is -1.22. The Bertz CT molecular complexity index is 479. The number of hydrogen-bond acceptors (Lipinski definition) is 3. The van der Waals surface area contributed by atoms with Crippen LogP contribution in [0.1, 0.15) is 13.3 Å². The summed E-state index contributed by atoms with van der Waals surface area (Å²) in [6.45, 7) is 2.21. The molecule has 0 aliphatic heterocycles. The van der Waals surface area contributed by atoms with Gasteiger partial charge in [-0.1, -0.05) is 31.2 Å². The molecule has 2 nitrogen and oxygen atoms in total. The number of anilines is 1. The third kappa shape index (κ3) is 2.91. The predicted octanol–water partition coefficient (Wildman–Crippen LogP) is 3.79. The van der Waals surface area contributed by atoms with Crippen molar-refractivity contribution < 1.29 is 0 Å². The predicted molar refractivity (Wildman–Crippen MR) is 77.8 cm³/mol. The largest absolute Gasteiger partial charge is 0.366 e. The van der Waals surface area contributed by atoms with E-state index in [9.17, 15) is 0 Å². The van der Waals surface area contributed by atoms with Gasteiger partial charge in [0.15, 0.2) is 0 Å². The van der Waals surface area contributed by atoms with Crippen LogP contribution in [0.2, 0.25) is 0 Å². The van der Waals surface area contributed by atoms with Gasteiger partial charge in [0.25, 0.3) is 0 Å². The summed E-state index contributed by atoms with van der Waals surface area (Å²) in [6.07, 6.45) is 5.13. The second-order valence-electron chi connectivity index (χ2n) is 4.09. The van der Waals surface area contributed by atoms with E-state index in [1.165, 1.54) is 10.8 Å². The van der Waals surface area contributed by atoms with Gasteiger partial charge in [0.05, 0.1) is 0 Å². The van der Waals surface area contributed by atoms with Gasteiger partial charge >= 0.3 is 0 Å². The monoisotopic (exact) mass is 246 g/mol. The molecule has 1 aromatic carbocycles. The first-order valence-electron chi connectivity index (χ1n) is 5.94. The molecule has 1 N–H and O–H groups in total. The number of fused-ring (bicyclic) bond motifs is 1. The fourth-order valence-electron chi connectivity index (χ4n) is 1.89. The first-order valence-corrected chi connectivity index (χ1v) is 7.33. The zero-order valence-corrected chi connectivity index (χ0v) is 11.1. The lowest BCUT2D eigenvalue weighted by Gasteiger charge is -2.17. The van der Waals surface area contributed by atoms with Crippen LogP contribution in [0.4, 0.5) is 5.82 Å². The molecule has 17 heavy (non-hydrogen) atoms. The van der Waals surface area contributed by atoms with E-state index in [4.69, 9.17) is 0 Å². The van der Waals surface area contributed by atoms with Gasteiger partial charge in [-0.25, -0.2) is 4.98 Å². The van der Waals surface area contributed by atoms with Crippen molar-refractivity contribution >= 4 is 28.4 Å². The Kier molecular flexibility index (Phi) is 4.26. The molecule has 90 valence electrons. The molecule has 1 atom stereocenters. The number of aromatic nitrogens is 1. The lowest BCUT2D eigenvalue weighted by atomic mass is 10.1. The van der Waals surface area contributed by atoms with E-state index in [0.717, 1.165) is 18.0 Å². The Labute approximate surface area is 107 Å². The van der Waals surface area contributed by atoms with E-state index in [0.29, 0.717) is 6.04 Å². The zero-order chi connectivity index (χ0) is 12.1. The summed E-state index contributed by atoms with van der Waals surface area (Å²) in [5.41, 5.74) is 0. The highest BCUT2D eigenvalue weighted by Gasteiger charge is 2.08. The van der Waals surface area contributed by atoms with Crippen LogP contribution < -0.4 is 5.32 Å². The second kappa shape index (κ2) is 5.92. The number of rotatable bonds is 5. The molecule has 0 saturated heterocycles. The maximum Gasteiger partial charge on any atom is 0.134 e. The molecular formula is C14H18N2S. The minimum absolute atomic E-state index is 0.489. The summed E-state index contributed by atoms with van der Waals surface area (Å²) in [6, 6.07) is 10.9. The first-order chi connectivity index (χ1) is 8.35. The van der Waals surface area contributed by atoms with E-state index in [-0.39, 0.29) is 0 Å². The molecule has 0 radical (unpaired) electrons. The van der Waals surface area contributed by atoms with Crippen LogP contribution in [0.3, 0.4) is 0 Å². The summed E-state index contributed by atoms with van der Waals surface area (Å²) in [5.74, 6) is 2.12. The van der Waals surface area contributed by atoms with E-state index >= 15 is 0 Å². The van der Waals surface area contributed by atoms with Crippen molar-refractivity contribution in [1.29, 1.82) is 0 Å². The van der Waals surface area contributed by atoms with Crippen molar-refractivity contribution in [1.82, 2.24) is 4.98 Å². The number of nitrogens with zero attached hydrogens (tertiary/aromatic N) is 1. The smallest absolute Gasteiger partial charge is 0.134 e. The third-order valence-corrected chi connectivity index (χ3v) is 3.61. The van der Waals surface area contributed by atoms with Crippen molar-refractivity contribution in [2.75, 3.05) is 17.3 Å². The van der Waals surface area contributed by atoms with Crippen molar-refractivity contribution in [3.05, 3.63) is 36.5 Å². The van der Waals surface area contributed by atoms with E-state index in [2.05, 4.69) is 53.8 Å². The number of hydrogen-bond donors (Lipinski definition) is 1. The number of nitrogens with one attached hydrogen (secondary N) is 1. The van der Waals surface area contributed by atoms with Crippen molar-refractivity contribution in [2.45, 2.75) is 19.4 Å². The number of thioether (sulfide) groups is 1. The average molecular weight is 246 g/mol. The quantitative estimate of drug-likeness (QED) is 0.869. The van der Waals surface area contributed by atoms with E-state index in [1.54, 1.807) is 0 Å². The van der Waals surface area contributed by atoms with Crippen LogP contribution in [-0.4, -0.2) is 23.0 Å². The molecule has 2 rings (SSSR count). The van der Waals surface area contributed by atoms with Crippen molar-refractivity contribution in [2.24, 2.45) is 0 Å². The van der Waals surface area contributed by atoms with Gasteiger partial charge in [0.2, 0.25) is 0 Å². The summed E-state index contributed by atoms with van der Waals surface area (Å²) in [4.78, 5) is 4.46. The summed E-state index contributed by atoms with van der Waals surface area (Å²) in [5, 5.41) is 5.98. The van der Waals surface area contributed by atoms with Gasteiger partial charge in [0.1, 0.15) is 5.82 Å². The molecule has 0 spiro atoms. The summed E-state index contributed by atoms with van der Waals surface area (Å²) in [7, 11) is 0. The molecule has 1 unspecified atom stereocenters. The minimum atomic E-state index is 0.489. The maximum atomic E-state index is 4.46. The lowest BCUT2D eigenvalue weighted by molar-refractivity contribution is 0.771. The van der Waals surface area contributed by atoms with Crippen LogP contribution in [0, 0.1) is 0 Å². The zero-order valence-electron chi connectivity index (χ0n) is 10.3. The van der Waals surface area contributed by atoms with Gasteiger partial charge in [-0.15, -0.1) is 0 Å². The topological polar surface area (TPSA) is 24.9 Å². The highest BCUT2D eigenvalue weighted by Crippen LogP contribution is 2.21. The summed E-state index contributed by atoms with van der Waals surface area (Å²) < 4.78 is 0. The Morgan fingerprint density at radius 2 is 2.12 bits per heavy atom. The molecule has 3 heteroatoms. The van der Waals surface area contributed by atoms with Crippen LogP contribution in [0.25, 0.3) is 10.8 Å². The van der Waals surface area contributed by atoms with Gasteiger partial charge in [-0.05, 0) is 24.1 Å². The van der Waals surface area contributed by atoms with Gasteiger partial charge in [-0.3, -0.25) is 0 Å². The Balaban J connectivity index is 2.28. The van der Waals surface area contributed by atoms with Crippen LogP contribution >= 0.6 is 11.8 Å². The molecule has 2 aromatic rings. The maximum absolute atomic E-state index is 4.46. The number of benzene rings is 1. The molecule has 0 saturated carbocycles. The summed E-state index contributed by atoms with van der Waals surface area (Å²) >= 11 is 1.87. The normalized spacial score (nSPS) is 12.6. The highest BCUT2D eigenvalue weighted by atomic mass is 32.2. The molecule has 1 heterocycles. The van der Waals surface area contributed by atoms with E-state index in [1.807, 2.05) is 18.0 Å². The van der Waals surface area contributed by atoms with Gasteiger partial charge in [0, 0.05) is 23.4 Å². The Morgan fingerprint density at radius 3 is 2.88 bits per heavy atom. The number of pyridine rings is 1. The Morgan fingerprint density at radius 1 is 1.29 bits per heavy atom. The standard InChI is InChI=1S/C14H18N2S/c1-3-12(10-17-2)16-14-13-7-5-4-6-11(13)8-9-15-14/h4-9,12H,3,10H2,1-2H3,(H,15,16). The highest BCUT2D eigenvalue weighted by molar-refractivity contribution is 7.98. The van der Waals surface area contributed by atoms with Crippen molar-refractivity contribution in [3.8, 4) is 0 Å². The van der Waals surface area contributed by atoms with Crippen LogP contribution in [-0.2, 0) is 0 Å². The average Bonchev–Trinajstić information content (AvgIpc) is 2.38. The molecule has 0 fully saturated rings. The molecular weight excluding hydrogens is 228 g/mol. The van der Waals surface area contributed by atoms with E-state index < -0.39 is 0 Å². The van der Waals surface area contributed by atoms with Crippen LogP contribution in [0.5, 0.6) is 0 Å². The fourth-order valence-corrected chi connectivity index (χ4v) is 2.61. The van der Waals surface area contributed by atoms with Crippen LogP contribution in [0.15, 0.2) is 36.5 Å².